The van der Waals surface area contributed by atoms with Gasteiger partial charge in [-0.2, -0.15) is 4.40 Å². The van der Waals surface area contributed by atoms with Gasteiger partial charge < -0.3 is 23.7 Å². The highest BCUT2D eigenvalue weighted by Crippen LogP contribution is 2.33. The molecule has 0 saturated carbocycles. The molecule has 1 saturated heterocycles. The van der Waals surface area contributed by atoms with Crippen molar-refractivity contribution in [2.45, 2.75) is 95.3 Å². The molecule has 5 rings (SSSR count). The minimum atomic E-state index is -1.34. The average Bonchev–Trinajstić information content (AvgIpc) is 3.12. The predicted octanol–water partition coefficient (Wildman–Crippen LogP) is 8.04. The first-order valence-electron chi connectivity index (χ1n) is 17.0. The van der Waals surface area contributed by atoms with E-state index in [0.29, 0.717) is 45.9 Å². The molecule has 1 aliphatic rings. The predicted molar refractivity (Wildman–Crippen MR) is 195 cm³/mol. The molecule has 0 aliphatic carbocycles. The van der Waals surface area contributed by atoms with Crippen LogP contribution in [0.1, 0.15) is 55.9 Å². The molecule has 0 N–H and O–H groups in total. The molecule has 1 aliphatic heterocycles. The molecule has 1 fully saturated rings. The third-order valence-corrected chi connectivity index (χ3v) is 9.64. The van der Waals surface area contributed by atoms with Crippen molar-refractivity contribution in [1.29, 1.82) is 0 Å². The van der Waals surface area contributed by atoms with E-state index in [-0.39, 0.29) is 6.10 Å². The van der Waals surface area contributed by atoms with Gasteiger partial charge in [0.15, 0.2) is 0 Å². The summed E-state index contributed by atoms with van der Waals surface area (Å²) in [6, 6.07) is 40.5. The van der Waals surface area contributed by atoms with Gasteiger partial charge >= 0.3 is 0 Å². The molecule has 4 aromatic carbocycles. The van der Waals surface area contributed by atoms with Crippen LogP contribution in [-0.4, -0.2) is 52.3 Å². The molecule has 0 radical (unpaired) electrons. The van der Waals surface area contributed by atoms with Gasteiger partial charge in [-0.05, 0) is 55.9 Å². The fourth-order valence-corrected chi connectivity index (χ4v) is 6.19. The Morgan fingerprint density at radius 1 is 0.612 bits per heavy atom. The van der Waals surface area contributed by atoms with Crippen LogP contribution in [0.25, 0.3) is 0 Å². The Hall–Kier alpha value is -3.50. The Labute approximate surface area is 294 Å². The summed E-state index contributed by atoms with van der Waals surface area (Å²) in [6.45, 7) is 7.68. The van der Waals surface area contributed by atoms with E-state index in [2.05, 4.69) is 40.8 Å². The van der Waals surface area contributed by atoms with Crippen LogP contribution in [-0.2, 0) is 61.1 Å². The van der Waals surface area contributed by atoms with Crippen molar-refractivity contribution in [3.05, 3.63) is 144 Å². The maximum atomic E-state index is 12.6. The quantitative estimate of drug-likeness (QED) is 0.105. The maximum Gasteiger partial charge on any atom is 0.144 e. The molecule has 260 valence electrons. The molecular weight excluding hydrogens is 635 g/mol. The van der Waals surface area contributed by atoms with Crippen LogP contribution in [0.5, 0.6) is 0 Å². The molecule has 8 heteroatoms. The Bertz CT molecular complexity index is 1550. The lowest BCUT2D eigenvalue weighted by atomic mass is 9.92. The minimum absolute atomic E-state index is 0.309. The molecule has 0 bridgehead atoms. The molecule has 1 heterocycles. The van der Waals surface area contributed by atoms with Crippen LogP contribution in [0.15, 0.2) is 126 Å². The fourth-order valence-electron chi connectivity index (χ4n) is 5.63. The summed E-state index contributed by atoms with van der Waals surface area (Å²) in [4.78, 5) is 0. The van der Waals surface area contributed by atoms with Gasteiger partial charge in [0.1, 0.15) is 35.4 Å². The van der Waals surface area contributed by atoms with E-state index in [1.807, 2.05) is 106 Å². The molecular formula is C41H49NO6S. The van der Waals surface area contributed by atoms with Gasteiger partial charge in [0.2, 0.25) is 0 Å². The van der Waals surface area contributed by atoms with Gasteiger partial charge in [0.25, 0.3) is 0 Å². The second-order valence-electron chi connectivity index (χ2n) is 13.2. The molecule has 7 nitrogen and oxygen atoms in total. The van der Waals surface area contributed by atoms with Crippen molar-refractivity contribution in [1.82, 2.24) is 0 Å². The molecule has 0 unspecified atom stereocenters. The summed E-state index contributed by atoms with van der Waals surface area (Å²) in [6.07, 6.45) is 0.688. The van der Waals surface area contributed by atoms with E-state index >= 15 is 0 Å². The smallest absolute Gasteiger partial charge is 0.144 e. The number of nitrogens with zero attached hydrogens (tertiary/aromatic N) is 1. The summed E-state index contributed by atoms with van der Waals surface area (Å²) < 4.78 is 50.0. The molecule has 49 heavy (non-hydrogen) atoms. The molecule has 0 aromatic heterocycles. The lowest BCUT2D eigenvalue weighted by Gasteiger charge is -2.46. The summed E-state index contributed by atoms with van der Waals surface area (Å²) in [7, 11) is -1.34. The van der Waals surface area contributed by atoms with Crippen LogP contribution in [0.3, 0.4) is 0 Å². The van der Waals surface area contributed by atoms with Gasteiger partial charge in [0, 0.05) is 6.21 Å². The Kier molecular flexibility index (Phi) is 14.3. The van der Waals surface area contributed by atoms with E-state index in [0.717, 1.165) is 22.3 Å². The largest absolute Gasteiger partial charge is 0.374 e. The normalized spacial score (nSPS) is 21.9. The van der Waals surface area contributed by atoms with E-state index < -0.39 is 40.1 Å². The zero-order valence-electron chi connectivity index (χ0n) is 28.8. The van der Waals surface area contributed by atoms with Gasteiger partial charge in [0.05, 0.1) is 43.9 Å². The maximum absolute atomic E-state index is 12.6. The molecule has 6 atom stereocenters. The lowest BCUT2D eigenvalue weighted by Crippen LogP contribution is -2.61. The van der Waals surface area contributed by atoms with Crippen molar-refractivity contribution in [2.75, 3.05) is 6.61 Å². The second-order valence-corrected chi connectivity index (χ2v) is 15.2. The lowest BCUT2D eigenvalue weighted by molar-refractivity contribution is -0.273. The van der Waals surface area contributed by atoms with Gasteiger partial charge in [-0.3, -0.25) is 0 Å². The van der Waals surface area contributed by atoms with Gasteiger partial charge in [-0.25, -0.2) is 4.21 Å². The molecule has 0 amide bonds. The Morgan fingerprint density at radius 2 is 1.02 bits per heavy atom. The van der Waals surface area contributed by atoms with Crippen molar-refractivity contribution in [3.8, 4) is 0 Å². The summed E-state index contributed by atoms with van der Waals surface area (Å²) in [5, 5.41) is 0. The standard InChI is InChI=1S/C41H49NO6S/c1-41(2,3)49(43)42-26-16-25-36-38(45-28-33-19-10-5-11-20-33)40(47-30-35-23-14-7-15-24-35)39(46-29-34-21-12-6-13-22-34)37(48-36)31-44-27-32-17-8-4-9-18-32/h4-15,17-24,26,36-40H,16,25,27-31H2,1-3H3/b42-26+/t36-,37-,38+,39+,40-,49-/m1/s1. The second kappa shape index (κ2) is 19.0. The van der Waals surface area contributed by atoms with Crippen LogP contribution in [0.4, 0.5) is 0 Å². The first-order valence-corrected chi connectivity index (χ1v) is 18.2. The van der Waals surface area contributed by atoms with Gasteiger partial charge in [-0.1, -0.05) is 121 Å². The Morgan fingerprint density at radius 3 is 1.47 bits per heavy atom. The summed E-state index contributed by atoms with van der Waals surface area (Å²) in [5.41, 5.74) is 4.25. The van der Waals surface area contributed by atoms with Crippen LogP contribution < -0.4 is 0 Å². The summed E-state index contributed by atoms with van der Waals surface area (Å²) >= 11 is 0. The number of benzene rings is 4. The van der Waals surface area contributed by atoms with Crippen LogP contribution in [0, 0.1) is 0 Å². The number of hydrogen-bond acceptors (Lipinski definition) is 6. The highest BCUT2D eigenvalue weighted by molar-refractivity contribution is 7.85. The van der Waals surface area contributed by atoms with Gasteiger partial charge in [-0.15, -0.1) is 0 Å². The van der Waals surface area contributed by atoms with Crippen molar-refractivity contribution < 1.29 is 27.9 Å². The third-order valence-electron chi connectivity index (χ3n) is 8.25. The SMILES string of the molecule is CC(C)(C)[S@@](=O)/N=C/CC[C@H]1O[C@H](COCc2ccccc2)[C@H](OCc2ccccc2)[C@H](OCc2ccccc2)[C@H]1OCc1ccccc1. The van der Waals surface area contributed by atoms with E-state index in [4.69, 9.17) is 23.7 Å². The highest BCUT2D eigenvalue weighted by atomic mass is 32.2. The molecule has 0 spiro atoms. The Balaban J connectivity index is 1.43. The van der Waals surface area contributed by atoms with E-state index in [1.165, 1.54) is 0 Å². The monoisotopic (exact) mass is 683 g/mol. The highest BCUT2D eigenvalue weighted by Gasteiger charge is 2.48. The van der Waals surface area contributed by atoms with E-state index in [1.54, 1.807) is 6.21 Å². The first kappa shape index (κ1) is 36.8. The number of ether oxygens (including phenoxy) is 5. The minimum Gasteiger partial charge on any atom is -0.374 e. The third kappa shape index (κ3) is 11.8. The topological polar surface area (TPSA) is 75.6 Å². The van der Waals surface area contributed by atoms with E-state index in [9.17, 15) is 4.21 Å². The average molecular weight is 684 g/mol. The number of hydrogen-bond donors (Lipinski definition) is 0. The zero-order valence-corrected chi connectivity index (χ0v) is 29.6. The molecule has 4 aromatic rings. The number of rotatable bonds is 17. The fraction of sp³-hybridized carbons (Fsp3) is 0.390. The van der Waals surface area contributed by atoms with Crippen LogP contribution >= 0.6 is 0 Å². The van der Waals surface area contributed by atoms with Crippen molar-refractivity contribution >= 4 is 17.2 Å². The zero-order chi connectivity index (χ0) is 34.3. The first-order chi connectivity index (χ1) is 23.9. The van der Waals surface area contributed by atoms with Crippen molar-refractivity contribution in [3.63, 3.8) is 0 Å². The van der Waals surface area contributed by atoms with Crippen molar-refractivity contribution in [2.24, 2.45) is 4.40 Å². The summed E-state index contributed by atoms with van der Waals surface area (Å²) in [5.74, 6) is 0. The van der Waals surface area contributed by atoms with Crippen LogP contribution in [0.2, 0.25) is 0 Å².